The van der Waals surface area contributed by atoms with Crippen LogP contribution in [0.25, 0.3) is 0 Å². The molecule has 5 N–H and O–H groups in total. The first-order valence-corrected chi connectivity index (χ1v) is 16.7. The van der Waals surface area contributed by atoms with Crippen molar-refractivity contribution in [2.75, 3.05) is 11.9 Å². The monoisotopic (exact) mass is 687 g/mol. The molecule has 0 aromatic heterocycles. The van der Waals surface area contributed by atoms with Crippen molar-refractivity contribution >= 4 is 40.8 Å². The second-order valence-corrected chi connectivity index (χ2v) is 14.8. The summed E-state index contributed by atoms with van der Waals surface area (Å²) in [5.74, 6) is -3.81. The molecule has 2 aliphatic rings. The largest absolute Gasteiger partial charge is 0.478 e. The normalized spacial score (nSPS) is 26.3. The van der Waals surface area contributed by atoms with Gasteiger partial charge in [0.15, 0.2) is 0 Å². The number of carbonyl (C=O) groups is 2. The highest BCUT2D eigenvalue weighted by Crippen LogP contribution is 2.53. The average Bonchev–Trinajstić information content (AvgIpc) is 3.31. The number of amides is 1. The average molecular weight is 689 g/mol. The van der Waals surface area contributed by atoms with Crippen LogP contribution in [0.4, 0.5) is 14.5 Å². The molecule has 1 aliphatic heterocycles. The maximum absolute atomic E-state index is 16.4. The predicted octanol–water partition coefficient (Wildman–Crippen LogP) is 7.30. The Bertz CT molecular complexity index is 1610. The SMILES string of the molecule is CC(C)(C)C[C@@H]1N[C@@H](C(=O)Nc2ccc(C(=O)O)cc2)[C@H](c2cccc(Cl)c2F)[C@@]1(CNC1CCC(O)CC1)c1ccc(Cl)cc1F. The summed E-state index contributed by atoms with van der Waals surface area (Å²) in [6, 6.07) is 13.3. The lowest BCUT2D eigenvalue weighted by Crippen LogP contribution is -2.54. The van der Waals surface area contributed by atoms with E-state index in [4.69, 9.17) is 23.2 Å². The number of aliphatic hydroxyl groups excluding tert-OH is 1. The van der Waals surface area contributed by atoms with Crippen molar-refractivity contribution in [3.63, 3.8) is 0 Å². The van der Waals surface area contributed by atoms with Gasteiger partial charge in [-0.2, -0.15) is 0 Å². The molecule has 2 fully saturated rings. The predicted molar refractivity (Wildman–Crippen MR) is 180 cm³/mol. The van der Waals surface area contributed by atoms with E-state index in [2.05, 4.69) is 36.7 Å². The number of nitrogens with one attached hydrogen (secondary N) is 3. The van der Waals surface area contributed by atoms with Gasteiger partial charge in [0, 0.05) is 40.7 Å². The van der Waals surface area contributed by atoms with Crippen molar-refractivity contribution in [2.45, 2.75) is 88.4 Å². The van der Waals surface area contributed by atoms with Gasteiger partial charge < -0.3 is 26.2 Å². The van der Waals surface area contributed by atoms with E-state index in [-0.39, 0.29) is 50.8 Å². The van der Waals surface area contributed by atoms with Crippen molar-refractivity contribution in [3.8, 4) is 0 Å². The summed E-state index contributed by atoms with van der Waals surface area (Å²) in [6.45, 7) is 6.35. The number of carboxylic acids is 1. The number of anilines is 1. The lowest BCUT2D eigenvalue weighted by atomic mass is 9.61. The summed E-state index contributed by atoms with van der Waals surface area (Å²) >= 11 is 12.6. The topological polar surface area (TPSA) is 111 Å². The van der Waals surface area contributed by atoms with E-state index in [1.165, 1.54) is 36.4 Å². The minimum absolute atomic E-state index is 0.0198. The molecule has 252 valence electrons. The standard InChI is InChI=1S/C36H41Cl2F2N3O4/c1-35(2,3)18-29-36(26-16-9-21(37)17-28(26)39,19-41-22-12-14-24(44)15-13-22)30(25-5-4-6-27(38)31(25)40)32(43-29)33(45)42-23-10-7-20(8-11-23)34(46)47/h4-11,16-17,22,24,29-30,32,41,43-44H,12-15,18-19H2,1-3H3,(H,42,45)(H,46,47)/t22?,24?,29-,30-,32+,36-/m0/s1. The minimum atomic E-state index is -1.22. The first-order chi connectivity index (χ1) is 22.2. The van der Waals surface area contributed by atoms with E-state index in [1.54, 1.807) is 24.3 Å². The zero-order chi connectivity index (χ0) is 34.1. The lowest BCUT2D eigenvalue weighted by molar-refractivity contribution is -0.118. The van der Waals surface area contributed by atoms with Crippen LogP contribution in [-0.4, -0.2) is 52.9 Å². The fourth-order valence-electron chi connectivity index (χ4n) is 7.33. The van der Waals surface area contributed by atoms with Gasteiger partial charge in [-0.1, -0.05) is 62.2 Å². The Kier molecular flexibility index (Phi) is 10.6. The number of rotatable bonds is 9. The third kappa shape index (κ3) is 7.65. The number of hydrogen-bond acceptors (Lipinski definition) is 5. The molecule has 1 amide bonds. The Morgan fingerprint density at radius 1 is 1.00 bits per heavy atom. The summed E-state index contributed by atoms with van der Waals surface area (Å²) in [4.78, 5) is 25.7. The Morgan fingerprint density at radius 2 is 1.68 bits per heavy atom. The van der Waals surface area contributed by atoms with Crippen molar-refractivity contribution < 1.29 is 28.6 Å². The van der Waals surface area contributed by atoms with E-state index in [9.17, 15) is 19.8 Å². The minimum Gasteiger partial charge on any atom is -0.478 e. The molecule has 3 aromatic carbocycles. The number of aliphatic hydroxyl groups is 1. The smallest absolute Gasteiger partial charge is 0.335 e. The van der Waals surface area contributed by atoms with Crippen molar-refractivity contribution in [1.29, 1.82) is 0 Å². The Hall–Kier alpha value is -3.08. The molecule has 11 heteroatoms. The Morgan fingerprint density at radius 3 is 2.30 bits per heavy atom. The maximum atomic E-state index is 16.4. The third-order valence-electron chi connectivity index (χ3n) is 9.52. The quantitative estimate of drug-likeness (QED) is 0.162. The van der Waals surface area contributed by atoms with E-state index < -0.39 is 46.9 Å². The summed E-state index contributed by atoms with van der Waals surface area (Å²) in [7, 11) is 0. The van der Waals surface area contributed by atoms with Gasteiger partial charge in [0.05, 0.1) is 22.7 Å². The zero-order valence-corrected chi connectivity index (χ0v) is 28.1. The van der Waals surface area contributed by atoms with Crippen molar-refractivity contribution in [2.24, 2.45) is 5.41 Å². The van der Waals surface area contributed by atoms with Crippen LogP contribution in [0.1, 0.15) is 80.3 Å². The van der Waals surface area contributed by atoms with E-state index in [0.717, 1.165) is 0 Å². The summed E-state index contributed by atoms with van der Waals surface area (Å²) in [5.41, 5.74) is -0.650. The highest BCUT2D eigenvalue weighted by molar-refractivity contribution is 6.31. The number of benzene rings is 3. The van der Waals surface area contributed by atoms with Crippen LogP contribution in [0, 0.1) is 17.0 Å². The first-order valence-electron chi connectivity index (χ1n) is 15.9. The van der Waals surface area contributed by atoms with Crippen LogP contribution >= 0.6 is 23.2 Å². The van der Waals surface area contributed by atoms with Crippen LogP contribution in [0.2, 0.25) is 10.0 Å². The van der Waals surface area contributed by atoms with Gasteiger partial charge in [-0.15, -0.1) is 0 Å². The van der Waals surface area contributed by atoms with E-state index in [0.29, 0.717) is 37.8 Å². The van der Waals surface area contributed by atoms with Gasteiger partial charge in [-0.3, -0.25) is 4.79 Å². The van der Waals surface area contributed by atoms with Crippen LogP contribution in [0.3, 0.4) is 0 Å². The molecule has 0 spiro atoms. The van der Waals surface area contributed by atoms with Gasteiger partial charge in [-0.25, -0.2) is 13.6 Å². The second kappa shape index (κ2) is 14.2. The van der Waals surface area contributed by atoms with Gasteiger partial charge in [-0.05, 0) is 91.1 Å². The van der Waals surface area contributed by atoms with Crippen LogP contribution < -0.4 is 16.0 Å². The van der Waals surface area contributed by atoms with Gasteiger partial charge in [0.2, 0.25) is 5.91 Å². The number of aromatic carboxylic acids is 1. The third-order valence-corrected chi connectivity index (χ3v) is 10.0. The molecule has 3 aromatic rings. The highest BCUT2D eigenvalue weighted by atomic mass is 35.5. The first kappa shape index (κ1) is 35.2. The number of hydrogen-bond donors (Lipinski definition) is 5. The van der Waals surface area contributed by atoms with Gasteiger partial charge in [0.1, 0.15) is 11.6 Å². The van der Waals surface area contributed by atoms with Gasteiger partial charge >= 0.3 is 5.97 Å². The lowest BCUT2D eigenvalue weighted by Gasteiger charge is -2.44. The Balaban J connectivity index is 1.69. The van der Waals surface area contributed by atoms with E-state index >= 15 is 8.78 Å². The molecule has 0 unspecified atom stereocenters. The molecular formula is C36H41Cl2F2N3O4. The van der Waals surface area contributed by atoms with Crippen LogP contribution in [0.15, 0.2) is 60.7 Å². The number of halogens is 4. The molecule has 0 radical (unpaired) electrons. The Labute approximate surface area is 284 Å². The molecule has 1 saturated carbocycles. The summed E-state index contributed by atoms with van der Waals surface area (Å²) < 4.78 is 32.6. The molecule has 1 heterocycles. The second-order valence-electron chi connectivity index (χ2n) is 14.0. The molecule has 4 atom stereocenters. The molecule has 1 saturated heterocycles. The summed E-state index contributed by atoms with van der Waals surface area (Å²) in [5, 5.41) is 29.6. The highest BCUT2D eigenvalue weighted by Gasteiger charge is 2.60. The number of carboxylic acid groups (broad SMARTS) is 1. The van der Waals surface area contributed by atoms with Gasteiger partial charge in [0.25, 0.3) is 0 Å². The van der Waals surface area contributed by atoms with Crippen molar-refractivity contribution in [3.05, 3.63) is 99.0 Å². The van der Waals surface area contributed by atoms with E-state index in [1.807, 2.05) is 0 Å². The molecular weight excluding hydrogens is 647 g/mol. The number of carbonyl (C=O) groups excluding carboxylic acids is 1. The molecule has 7 nitrogen and oxygen atoms in total. The van der Waals surface area contributed by atoms with Crippen LogP contribution in [-0.2, 0) is 10.2 Å². The molecule has 47 heavy (non-hydrogen) atoms. The van der Waals surface area contributed by atoms with Crippen LogP contribution in [0.5, 0.6) is 0 Å². The fraction of sp³-hybridized carbons (Fsp3) is 0.444. The fourth-order valence-corrected chi connectivity index (χ4v) is 7.67. The molecule has 5 rings (SSSR count). The maximum Gasteiger partial charge on any atom is 0.335 e. The summed E-state index contributed by atoms with van der Waals surface area (Å²) in [6.07, 6.45) is 2.80. The molecule has 1 aliphatic carbocycles. The van der Waals surface area contributed by atoms with Crippen molar-refractivity contribution in [1.82, 2.24) is 10.6 Å². The molecule has 0 bridgehead atoms. The zero-order valence-electron chi connectivity index (χ0n) is 26.6.